The topological polar surface area (TPSA) is 104 Å². The van der Waals surface area contributed by atoms with Gasteiger partial charge in [-0.3, -0.25) is 4.79 Å². The summed E-state index contributed by atoms with van der Waals surface area (Å²) in [5.41, 5.74) is -0.413. The number of rotatable bonds is 6. The summed E-state index contributed by atoms with van der Waals surface area (Å²) in [7, 11) is 2.95. The number of esters is 1. The number of hydrogen-bond donors (Lipinski definition) is 1. The Balaban J connectivity index is 1.69. The van der Waals surface area contributed by atoms with E-state index in [0.29, 0.717) is 28.2 Å². The van der Waals surface area contributed by atoms with E-state index in [2.05, 4.69) is 5.32 Å². The van der Waals surface area contributed by atoms with Crippen LogP contribution in [0.2, 0.25) is 0 Å². The molecular weight excluding hydrogens is 366 g/mol. The Hall–Kier alpha value is -3.81. The van der Waals surface area contributed by atoms with Gasteiger partial charge in [-0.25, -0.2) is 9.59 Å². The second kappa shape index (κ2) is 8.26. The van der Waals surface area contributed by atoms with Crippen LogP contribution < -0.4 is 20.4 Å². The van der Waals surface area contributed by atoms with E-state index in [0.717, 1.165) is 0 Å². The van der Waals surface area contributed by atoms with Gasteiger partial charge in [0, 0.05) is 11.5 Å². The van der Waals surface area contributed by atoms with E-state index in [4.69, 9.17) is 18.6 Å². The summed E-state index contributed by atoms with van der Waals surface area (Å²) in [5.74, 6) is -0.630. The first-order valence-corrected chi connectivity index (χ1v) is 8.23. The van der Waals surface area contributed by atoms with Gasteiger partial charge in [0.15, 0.2) is 6.61 Å². The first-order valence-electron chi connectivity index (χ1n) is 8.23. The number of amides is 1. The second-order valence-corrected chi connectivity index (χ2v) is 5.68. The molecule has 1 amide bonds. The third kappa shape index (κ3) is 4.12. The lowest BCUT2D eigenvalue weighted by molar-refractivity contribution is -0.119. The fraction of sp³-hybridized carbons (Fsp3) is 0.150. The zero-order chi connectivity index (χ0) is 20.1. The van der Waals surface area contributed by atoms with Crippen molar-refractivity contribution in [3.05, 3.63) is 64.5 Å². The van der Waals surface area contributed by atoms with Crippen LogP contribution in [0.5, 0.6) is 11.5 Å². The Bertz CT molecular complexity index is 1090. The first-order chi connectivity index (χ1) is 13.5. The Morgan fingerprint density at radius 3 is 2.57 bits per heavy atom. The van der Waals surface area contributed by atoms with E-state index in [-0.39, 0.29) is 5.56 Å². The summed E-state index contributed by atoms with van der Waals surface area (Å²) < 4.78 is 20.3. The van der Waals surface area contributed by atoms with Gasteiger partial charge >= 0.3 is 11.6 Å². The normalized spacial score (nSPS) is 10.4. The van der Waals surface area contributed by atoms with Crippen LogP contribution in [0, 0.1) is 0 Å². The van der Waals surface area contributed by atoms with E-state index < -0.39 is 24.1 Å². The molecule has 0 unspecified atom stereocenters. The van der Waals surface area contributed by atoms with E-state index >= 15 is 0 Å². The third-order valence-corrected chi connectivity index (χ3v) is 3.88. The molecule has 3 aromatic rings. The highest BCUT2D eigenvalue weighted by atomic mass is 16.5. The third-order valence-electron chi connectivity index (χ3n) is 3.88. The molecule has 28 heavy (non-hydrogen) atoms. The van der Waals surface area contributed by atoms with Gasteiger partial charge in [-0.1, -0.05) is 18.2 Å². The molecule has 1 aromatic heterocycles. The van der Waals surface area contributed by atoms with Gasteiger partial charge in [-0.2, -0.15) is 0 Å². The van der Waals surface area contributed by atoms with E-state index in [1.165, 1.54) is 20.3 Å². The van der Waals surface area contributed by atoms with E-state index in [1.54, 1.807) is 42.5 Å². The van der Waals surface area contributed by atoms with Crippen LogP contribution in [0.3, 0.4) is 0 Å². The number of hydrogen-bond acceptors (Lipinski definition) is 7. The Labute approximate surface area is 159 Å². The van der Waals surface area contributed by atoms with Crippen molar-refractivity contribution >= 4 is 28.5 Å². The van der Waals surface area contributed by atoms with Crippen LogP contribution in [0.1, 0.15) is 10.4 Å². The average molecular weight is 383 g/mol. The summed E-state index contributed by atoms with van der Waals surface area (Å²) >= 11 is 0. The highest BCUT2D eigenvalue weighted by molar-refractivity contribution is 5.97. The zero-order valence-corrected chi connectivity index (χ0v) is 15.2. The maximum absolute atomic E-state index is 12.2. The minimum Gasteiger partial charge on any atom is -0.497 e. The van der Waals surface area contributed by atoms with Crippen molar-refractivity contribution in [1.29, 1.82) is 0 Å². The van der Waals surface area contributed by atoms with Gasteiger partial charge in [0.1, 0.15) is 22.6 Å². The number of para-hydroxylation sites is 1. The number of ether oxygens (including phenoxy) is 3. The van der Waals surface area contributed by atoms with Crippen LogP contribution in [0.15, 0.2) is 57.7 Å². The summed E-state index contributed by atoms with van der Waals surface area (Å²) in [5, 5.41) is 3.13. The van der Waals surface area contributed by atoms with Gasteiger partial charge in [-0.15, -0.1) is 0 Å². The second-order valence-electron chi connectivity index (χ2n) is 5.68. The molecule has 0 fully saturated rings. The molecule has 0 saturated carbocycles. The number of methoxy groups -OCH3 is 2. The standard InChI is InChI=1S/C20H17NO7/c1-25-13-7-8-17(26-2)15(10-13)21-18(22)11-27-19(23)14-9-12-5-3-4-6-16(12)28-20(14)24/h3-10H,11H2,1-2H3,(H,21,22). The lowest BCUT2D eigenvalue weighted by atomic mass is 10.2. The molecule has 0 aliphatic heterocycles. The van der Waals surface area contributed by atoms with Crippen molar-refractivity contribution in [2.45, 2.75) is 0 Å². The molecule has 144 valence electrons. The molecule has 1 heterocycles. The van der Waals surface area contributed by atoms with Gasteiger partial charge in [0.2, 0.25) is 0 Å². The summed E-state index contributed by atoms with van der Waals surface area (Å²) in [6, 6.07) is 13.0. The summed E-state index contributed by atoms with van der Waals surface area (Å²) in [6.07, 6.45) is 0. The number of carbonyl (C=O) groups is 2. The summed E-state index contributed by atoms with van der Waals surface area (Å²) in [4.78, 5) is 36.3. The zero-order valence-electron chi connectivity index (χ0n) is 15.2. The molecular formula is C20H17NO7. The highest BCUT2D eigenvalue weighted by Gasteiger charge is 2.17. The van der Waals surface area contributed by atoms with Crippen LogP contribution >= 0.6 is 0 Å². The molecule has 0 aliphatic rings. The van der Waals surface area contributed by atoms with Crippen LogP contribution in [0.4, 0.5) is 5.69 Å². The molecule has 3 rings (SSSR count). The van der Waals surface area contributed by atoms with Crippen molar-refractivity contribution in [3.63, 3.8) is 0 Å². The lowest BCUT2D eigenvalue weighted by Gasteiger charge is -2.12. The van der Waals surface area contributed by atoms with Crippen molar-refractivity contribution in [2.24, 2.45) is 0 Å². The van der Waals surface area contributed by atoms with Gasteiger partial charge in [0.25, 0.3) is 5.91 Å². The fourth-order valence-corrected chi connectivity index (χ4v) is 2.51. The Morgan fingerprint density at radius 1 is 1.04 bits per heavy atom. The van der Waals surface area contributed by atoms with E-state index in [1.807, 2.05) is 0 Å². The van der Waals surface area contributed by atoms with Gasteiger partial charge in [0.05, 0.1) is 19.9 Å². The number of anilines is 1. The average Bonchev–Trinajstić information content (AvgIpc) is 2.71. The maximum Gasteiger partial charge on any atom is 0.351 e. The highest BCUT2D eigenvalue weighted by Crippen LogP contribution is 2.28. The number of carbonyl (C=O) groups excluding carboxylic acids is 2. The predicted octanol–water partition coefficient (Wildman–Crippen LogP) is 2.61. The van der Waals surface area contributed by atoms with Crippen LogP contribution in [-0.2, 0) is 9.53 Å². The molecule has 2 aromatic carbocycles. The van der Waals surface area contributed by atoms with Gasteiger partial charge in [-0.05, 0) is 24.3 Å². The van der Waals surface area contributed by atoms with Crippen LogP contribution in [0.25, 0.3) is 11.0 Å². The molecule has 8 heteroatoms. The molecule has 0 atom stereocenters. The SMILES string of the molecule is COc1ccc(OC)c(NC(=O)COC(=O)c2cc3ccccc3oc2=O)c1. The fourth-order valence-electron chi connectivity index (χ4n) is 2.51. The minimum atomic E-state index is -0.952. The monoisotopic (exact) mass is 383 g/mol. The number of fused-ring (bicyclic) bond motifs is 1. The quantitative estimate of drug-likeness (QED) is 0.515. The van der Waals surface area contributed by atoms with Crippen molar-refractivity contribution in [2.75, 3.05) is 26.1 Å². The predicted molar refractivity (Wildman–Crippen MR) is 101 cm³/mol. The van der Waals surface area contributed by atoms with Gasteiger partial charge < -0.3 is 23.9 Å². The number of benzene rings is 2. The molecule has 0 saturated heterocycles. The Kier molecular flexibility index (Phi) is 5.59. The Morgan fingerprint density at radius 2 is 1.82 bits per heavy atom. The van der Waals surface area contributed by atoms with Crippen molar-refractivity contribution in [3.8, 4) is 11.5 Å². The van der Waals surface area contributed by atoms with Crippen molar-refractivity contribution in [1.82, 2.24) is 0 Å². The lowest BCUT2D eigenvalue weighted by Crippen LogP contribution is -2.23. The smallest absolute Gasteiger partial charge is 0.351 e. The summed E-state index contributed by atoms with van der Waals surface area (Å²) in [6.45, 7) is -0.592. The largest absolute Gasteiger partial charge is 0.497 e. The van der Waals surface area contributed by atoms with Crippen molar-refractivity contribution < 1.29 is 28.2 Å². The van der Waals surface area contributed by atoms with E-state index in [9.17, 15) is 14.4 Å². The number of nitrogens with one attached hydrogen (secondary N) is 1. The minimum absolute atomic E-state index is 0.287. The first kappa shape index (κ1) is 19.0. The molecule has 8 nitrogen and oxygen atoms in total. The molecule has 0 aliphatic carbocycles. The molecule has 1 N–H and O–H groups in total. The molecule has 0 spiro atoms. The maximum atomic E-state index is 12.2. The molecule has 0 radical (unpaired) electrons. The van der Waals surface area contributed by atoms with Crippen LogP contribution in [-0.4, -0.2) is 32.7 Å². The molecule has 0 bridgehead atoms.